The molecule has 0 unspecified atom stereocenters. The Morgan fingerprint density at radius 3 is 0.710 bits per heavy atom. The third-order valence-corrected chi connectivity index (χ3v) is 19.9. The lowest BCUT2D eigenvalue weighted by Crippen LogP contribution is -1.92. The summed E-state index contributed by atoms with van der Waals surface area (Å²) in [6.07, 6.45) is 0. The third-order valence-electron chi connectivity index (χ3n) is 19.9. The minimum atomic E-state index is -1.12. The molecule has 0 bridgehead atoms. The maximum Gasteiger partial charge on any atom is 0.0636 e. The second kappa shape index (κ2) is 31.2. The zero-order chi connectivity index (χ0) is 152. The van der Waals surface area contributed by atoms with Crippen molar-refractivity contribution >= 4 is 140 Å². The van der Waals surface area contributed by atoms with E-state index in [1.54, 1.807) is 0 Å². The molecule has 0 aromatic heterocycles. The number of fused-ring (bicyclic) bond motifs is 13. The van der Waals surface area contributed by atoms with Crippen LogP contribution in [0.2, 0.25) is 0 Å². The fraction of sp³-hybridized carbons (Fsp3) is 0. The van der Waals surface area contributed by atoms with Gasteiger partial charge < -0.3 is 0 Å². The van der Waals surface area contributed by atoms with Crippen LogP contribution in [-0.2, 0) is 0 Å². The molecule has 0 aliphatic rings. The van der Waals surface area contributed by atoms with Crippen LogP contribution in [-0.4, -0.2) is 0 Å². The van der Waals surface area contributed by atoms with Crippen LogP contribution in [0.1, 0.15) is 110 Å². The molecule has 0 aliphatic heterocycles. The summed E-state index contributed by atoms with van der Waals surface area (Å²) in [5.74, 6) is 0. The molecule has 0 atom stereocenters. The van der Waals surface area contributed by atoms with E-state index in [1.165, 1.54) is 0 Å². The first-order valence-corrected chi connectivity index (χ1v) is 36.5. The largest absolute Gasteiger partial charge is 0.0636 e. The lowest BCUT2D eigenvalue weighted by atomic mass is 9.83. The Morgan fingerprint density at radius 1 is 0.0968 bits per heavy atom. The predicted molar refractivity (Wildman–Crippen MR) is 536 cm³/mol. The fourth-order valence-electron chi connectivity index (χ4n) is 14.7. The first kappa shape index (κ1) is 28.0. The van der Waals surface area contributed by atoms with Gasteiger partial charge in [0.25, 0.3) is 0 Å². The molecule has 25 rings (SSSR count). The first-order chi connectivity index (χ1) is 94.9. The third kappa shape index (κ3) is 12.8. The second-order valence-corrected chi connectivity index (χ2v) is 26.5. The van der Waals surface area contributed by atoms with E-state index in [-0.39, 0.29) is 0 Å². The first-order valence-electron chi connectivity index (χ1n) is 76.5. The quantitative estimate of drug-likeness (QED) is 0.126. The highest BCUT2D eigenvalue weighted by atomic mass is 14.3. The van der Waals surface area contributed by atoms with Crippen LogP contribution in [0.15, 0.2) is 483 Å². The van der Waals surface area contributed by atoms with Gasteiger partial charge in [0.2, 0.25) is 0 Å². The molecule has 0 N–H and O–H groups in total. The highest BCUT2D eigenvalue weighted by Gasteiger charge is 2.25. The highest BCUT2D eigenvalue weighted by Crippen LogP contribution is 2.52. The van der Waals surface area contributed by atoms with Gasteiger partial charge in [0, 0.05) is 0 Å². The van der Waals surface area contributed by atoms with Crippen LogP contribution in [0.5, 0.6) is 0 Å². The lowest BCUT2D eigenvalue weighted by Gasteiger charge is -2.20. The predicted octanol–water partition coefficient (Wildman–Crippen LogP) is 35.1. The van der Waals surface area contributed by atoms with Crippen molar-refractivity contribution in [1.29, 1.82) is 0 Å². The number of rotatable bonds is 9. The van der Waals surface area contributed by atoms with Gasteiger partial charge in [0.1, 0.15) is 0 Å². The van der Waals surface area contributed by atoms with Crippen molar-refractivity contribution in [3.63, 3.8) is 0 Å². The molecule has 0 spiro atoms. The van der Waals surface area contributed by atoms with Crippen LogP contribution in [0.4, 0.5) is 0 Å². The summed E-state index contributed by atoms with van der Waals surface area (Å²) in [6, 6.07) is -76.1. The fourth-order valence-corrected chi connectivity index (χ4v) is 14.7. The minimum Gasteiger partial charge on any atom is -0.0622 e. The van der Waals surface area contributed by atoms with Crippen molar-refractivity contribution < 1.29 is 110 Å². The Balaban J connectivity index is 0.000000157. The summed E-state index contributed by atoms with van der Waals surface area (Å²) in [5.41, 5.74) is -13.9. The summed E-state index contributed by atoms with van der Waals surface area (Å²) in [4.78, 5) is 0. The minimum absolute atomic E-state index is 0.574. The number of hydrogen-bond acceptors (Lipinski definition) is 0. The molecule has 25 aromatic rings. The van der Waals surface area contributed by atoms with Crippen LogP contribution in [0.25, 0.3) is 240 Å². The Bertz CT molecular complexity index is 13500. The van der Waals surface area contributed by atoms with Gasteiger partial charge in [-0.05, 0) is 270 Å². The molecule has 0 fully saturated rings. The van der Waals surface area contributed by atoms with Crippen molar-refractivity contribution in [2.45, 2.75) is 0 Å². The van der Waals surface area contributed by atoms with Crippen LogP contribution in [0, 0.1) is 0 Å². The molecule has 576 valence electrons. The summed E-state index contributed by atoms with van der Waals surface area (Å²) in [5, 5.41) is -18.4. The average Bonchev–Trinajstić information content (AvgIpc) is 0.681. The normalized spacial score (nSPS) is 20.6. The van der Waals surface area contributed by atoms with Crippen LogP contribution < -0.4 is 0 Å². The van der Waals surface area contributed by atoms with Crippen molar-refractivity contribution in [1.82, 2.24) is 0 Å². The Morgan fingerprint density at radius 2 is 0.331 bits per heavy atom. The topological polar surface area (TPSA) is 0 Å². The Labute approximate surface area is 832 Å². The molecule has 0 heteroatoms. The number of benzene rings is 25. The van der Waals surface area contributed by atoms with Crippen molar-refractivity contribution in [3.8, 4) is 100 Å². The van der Waals surface area contributed by atoms with Gasteiger partial charge >= 0.3 is 0 Å². The highest BCUT2D eigenvalue weighted by molar-refractivity contribution is 6.28. The monoisotopic (exact) mass is 1650 g/mol. The smallest absolute Gasteiger partial charge is 0.0622 e. The molecule has 0 saturated carbocycles. The zero-order valence-electron chi connectivity index (χ0n) is 142. The number of hydrogen-bond donors (Lipinski definition) is 0. The van der Waals surface area contributed by atoms with E-state index in [2.05, 4.69) is 0 Å². The van der Waals surface area contributed by atoms with Gasteiger partial charge in [0.15, 0.2) is 0 Å². The van der Waals surface area contributed by atoms with Gasteiger partial charge in [-0.3, -0.25) is 0 Å². The molecule has 0 amide bonds. The van der Waals surface area contributed by atoms with Crippen molar-refractivity contribution in [2.24, 2.45) is 0 Å². The van der Waals surface area contributed by atoms with E-state index in [0.29, 0.717) is 0 Å². The molecule has 0 saturated heterocycles. The van der Waals surface area contributed by atoms with Crippen molar-refractivity contribution in [2.75, 3.05) is 0 Å². The van der Waals surface area contributed by atoms with E-state index in [9.17, 15) is 38.4 Å². The standard InChI is InChI=1S/C44H28.2C40H26/c1-2-14-31-28-32(25-24-29(31)12-1)43-38-19-7-9-21-40(38)44(41-22-10-8-20-39(41)43)42-27-26-37(35-17-5-6-18-36(35)42)34-23-11-15-30-13-3-4-16-33(30)34;1-2-13-28(14-3-1)31-24-25-38(33-17-7-6-16-32(31)33)40-36-20-10-8-18-34(36)39(35-19-9-11-21-37(35)40)30-23-22-27-12-4-5-15-29(27)26-30;1-2-12-27(13-3-1)32-25-30-16-6-7-17-33(30)38(26-32)40-36-20-10-8-18-34(36)39(35-19-9-11-21-37(35)40)31-23-22-28-14-4-5-15-29(28)24-31/h1-28H;2*1-26H/i1D,2D,3D,4D,5D,6D,7D,8D,9D,10D,11D,12D,13D,14D,15D,16D,17D,18D,19D,20D,21D,22D,23D,24D,25D,26D,27D,28D;2*1D,2D,3D,4D,5D,6D,7D,8D,9D,10D,11D,12D,13D,14D,15D,16D,17D,18D,19D,20D,21D,22D,23D,24D,25D,26D. The zero-order valence-corrected chi connectivity index (χ0v) is 62.0. The van der Waals surface area contributed by atoms with E-state index in [0.717, 1.165) is 0 Å². The summed E-state index contributed by atoms with van der Waals surface area (Å²) in [6.45, 7) is 0. The molecule has 25 aromatic carbocycles. The maximum absolute atomic E-state index is 9.85. The summed E-state index contributed by atoms with van der Waals surface area (Å²) in [7, 11) is 0. The Kier molecular flexibility index (Phi) is 7.05. The van der Waals surface area contributed by atoms with Gasteiger partial charge in [-0.2, -0.15) is 0 Å². The molecule has 0 radical (unpaired) electrons. The SMILES string of the molecule is [2H]c1c([2H])c([2H])c(-c2c([2H])c(-c3c4c([2H])c([2H])c([2H])c([2H])c4c(-c4c([2H])c([2H])c5c([2H])c([2H])c([2H])c([2H])c5c4[2H])c4c([2H])c([2H])c([2H])c([2H])c34)c3c([2H])c([2H])c([2H])c([2H])c3c2[2H])c([2H])c1[2H].[2H]c1c([2H])c([2H])c(-c2c([2H])c([2H])c(-c3c4c([2H])c([2H])c([2H])c([2H])c4c(-c4c([2H])c([2H])c5c([2H])c([2H])c([2H])c([2H])c5c4[2H])c4c([2H])c([2H])c([2H])c([2H])c34)c3c([2H])c([2H])c([2H])c([2H])c23)c([2H])c1[2H].[2H]c1c([2H])c([2H])c2c([2H])c(-c3c4c([2H])c([2H])c([2H])c([2H])c4c(-c4c([2H])c([2H])c(-c5c([2H])c([2H])c([2H])c6c([2H])c([2H])c([2H])c([2H])c56)c5c([2H])c([2H])c([2H])c([2H])c45)c4c([2H])c([2H])c([2H])c([2H])c34)c([2H])c([2H])c2c1[2H]. The summed E-state index contributed by atoms with van der Waals surface area (Å²) < 4.78 is 715. The van der Waals surface area contributed by atoms with E-state index in [1.807, 2.05) is 0 Å². The van der Waals surface area contributed by atoms with Crippen molar-refractivity contribution in [3.05, 3.63) is 483 Å². The molecular formula is C124H80. The molecule has 0 heterocycles. The molecule has 0 aliphatic carbocycles. The van der Waals surface area contributed by atoms with E-state index >= 15 is 0 Å². The van der Waals surface area contributed by atoms with Gasteiger partial charge in [0.05, 0.1) is 110 Å². The van der Waals surface area contributed by atoms with Gasteiger partial charge in [-0.1, -0.05) is 453 Å². The molecule has 0 nitrogen and oxygen atoms in total. The van der Waals surface area contributed by atoms with Gasteiger partial charge in [-0.15, -0.1) is 0 Å². The average molecular weight is 1650 g/mol. The van der Waals surface area contributed by atoms with Crippen LogP contribution in [0.3, 0.4) is 0 Å². The van der Waals surface area contributed by atoms with E-state index in [4.69, 9.17) is 71.3 Å². The molecular weight excluding hydrogens is 1490 g/mol. The molecule has 124 heavy (non-hydrogen) atoms. The lowest BCUT2D eigenvalue weighted by molar-refractivity contribution is 1.63. The van der Waals surface area contributed by atoms with E-state index < -0.39 is 724 Å². The van der Waals surface area contributed by atoms with Crippen LogP contribution >= 0.6 is 0 Å². The van der Waals surface area contributed by atoms with Gasteiger partial charge in [-0.25, -0.2) is 0 Å². The maximum atomic E-state index is 9.85. The Hall–Kier alpha value is -16.1. The summed E-state index contributed by atoms with van der Waals surface area (Å²) >= 11 is 0. The second-order valence-electron chi connectivity index (χ2n) is 26.5.